The van der Waals surface area contributed by atoms with Crippen molar-refractivity contribution in [3.8, 4) is 0 Å². The molecule has 1 aromatic heterocycles. The molecule has 0 aromatic carbocycles. The van der Waals surface area contributed by atoms with E-state index in [-0.39, 0.29) is 11.5 Å². The van der Waals surface area contributed by atoms with Crippen LogP contribution in [-0.2, 0) is 0 Å². The van der Waals surface area contributed by atoms with Gasteiger partial charge in [-0.15, -0.1) is 0 Å². The maximum atomic E-state index is 11.5. The van der Waals surface area contributed by atoms with Gasteiger partial charge in [0.25, 0.3) is 0 Å². The molecule has 0 aliphatic carbocycles. The van der Waals surface area contributed by atoms with Crippen LogP contribution < -0.4 is 0 Å². The predicted molar refractivity (Wildman–Crippen MR) is 48.1 cm³/mol. The average molecular weight is 178 g/mol. The van der Waals surface area contributed by atoms with Crippen molar-refractivity contribution in [2.75, 3.05) is 0 Å². The van der Waals surface area contributed by atoms with Crippen LogP contribution in [0, 0.1) is 0 Å². The molecule has 0 spiro atoms. The Bertz CT molecular complexity index is 320. The third-order valence-corrected chi connectivity index (χ3v) is 1.66. The first kappa shape index (κ1) is 9.38. The molecule has 0 atom stereocenters. The minimum Gasteiger partial charge on any atom is -0.411 e. The van der Waals surface area contributed by atoms with Crippen molar-refractivity contribution >= 4 is 11.5 Å². The topological polar surface area (TPSA) is 62.6 Å². The lowest BCUT2D eigenvalue weighted by Gasteiger charge is -1.98. The highest BCUT2D eigenvalue weighted by molar-refractivity contribution is 6.45. The predicted octanol–water partition coefficient (Wildman–Crippen LogP) is 1.50. The average Bonchev–Trinajstić information content (AvgIpc) is 2.21. The SMILES string of the molecule is CCC(=NO)C(=O)c1ccncc1. The fourth-order valence-corrected chi connectivity index (χ4v) is 0.947. The van der Waals surface area contributed by atoms with E-state index >= 15 is 0 Å². The standard InChI is InChI=1S/C9H10N2O2/c1-2-8(11-13)9(12)7-3-5-10-6-4-7/h3-6,13H,2H2,1H3. The Kier molecular flexibility index (Phi) is 3.14. The Balaban J connectivity index is 2.92. The highest BCUT2D eigenvalue weighted by atomic mass is 16.4. The quantitative estimate of drug-likeness (QED) is 0.330. The molecular weight excluding hydrogens is 168 g/mol. The van der Waals surface area contributed by atoms with Gasteiger partial charge in [-0.3, -0.25) is 9.78 Å². The summed E-state index contributed by atoms with van der Waals surface area (Å²) in [5.41, 5.74) is 0.649. The van der Waals surface area contributed by atoms with Gasteiger partial charge in [0.05, 0.1) is 0 Å². The maximum absolute atomic E-state index is 11.5. The van der Waals surface area contributed by atoms with Crippen molar-refractivity contribution in [1.82, 2.24) is 4.98 Å². The number of nitrogens with zero attached hydrogens (tertiary/aromatic N) is 2. The molecule has 0 radical (unpaired) electrons. The number of carbonyl (C=O) groups is 1. The summed E-state index contributed by atoms with van der Waals surface area (Å²) in [4.78, 5) is 15.3. The molecule has 68 valence electrons. The minimum atomic E-state index is -0.257. The zero-order chi connectivity index (χ0) is 9.68. The van der Waals surface area contributed by atoms with Gasteiger partial charge in [0.2, 0.25) is 5.78 Å². The molecule has 0 saturated heterocycles. The lowest BCUT2D eigenvalue weighted by atomic mass is 10.1. The molecule has 13 heavy (non-hydrogen) atoms. The van der Waals surface area contributed by atoms with Crippen molar-refractivity contribution in [2.24, 2.45) is 5.16 Å². The number of ketones is 1. The Hall–Kier alpha value is -1.71. The molecule has 0 amide bonds. The Morgan fingerprint density at radius 2 is 2.15 bits per heavy atom. The Morgan fingerprint density at radius 1 is 1.54 bits per heavy atom. The van der Waals surface area contributed by atoms with Crippen molar-refractivity contribution in [3.63, 3.8) is 0 Å². The van der Waals surface area contributed by atoms with Crippen molar-refractivity contribution < 1.29 is 10.0 Å². The van der Waals surface area contributed by atoms with Crippen LogP contribution in [0.4, 0.5) is 0 Å². The molecule has 1 N–H and O–H groups in total. The van der Waals surface area contributed by atoms with Gasteiger partial charge in [-0.2, -0.15) is 0 Å². The number of pyridine rings is 1. The Labute approximate surface area is 75.9 Å². The second-order valence-electron chi connectivity index (χ2n) is 2.47. The lowest BCUT2D eigenvalue weighted by molar-refractivity contribution is 0.105. The second-order valence-corrected chi connectivity index (χ2v) is 2.47. The fourth-order valence-electron chi connectivity index (χ4n) is 0.947. The lowest BCUT2D eigenvalue weighted by Crippen LogP contribution is -2.13. The second kappa shape index (κ2) is 4.35. The van der Waals surface area contributed by atoms with E-state index in [1.165, 1.54) is 12.4 Å². The summed E-state index contributed by atoms with van der Waals surface area (Å²) in [6.45, 7) is 1.76. The molecule has 0 bridgehead atoms. The molecular formula is C9H10N2O2. The highest BCUT2D eigenvalue weighted by Gasteiger charge is 2.11. The van der Waals surface area contributed by atoms with Gasteiger partial charge in [-0.05, 0) is 18.6 Å². The zero-order valence-electron chi connectivity index (χ0n) is 7.27. The summed E-state index contributed by atoms with van der Waals surface area (Å²) in [7, 11) is 0. The number of Topliss-reactive ketones (excluding diaryl/α,β-unsaturated/α-hetero) is 1. The third-order valence-electron chi connectivity index (χ3n) is 1.66. The minimum absolute atomic E-state index is 0.159. The summed E-state index contributed by atoms with van der Waals surface area (Å²) in [6, 6.07) is 3.17. The van der Waals surface area contributed by atoms with Crippen LogP contribution in [0.5, 0.6) is 0 Å². The summed E-state index contributed by atoms with van der Waals surface area (Å²) < 4.78 is 0. The summed E-state index contributed by atoms with van der Waals surface area (Å²) in [6.07, 6.45) is 3.47. The van der Waals surface area contributed by atoms with Crippen LogP contribution >= 0.6 is 0 Å². The van der Waals surface area contributed by atoms with Crippen LogP contribution in [0.2, 0.25) is 0 Å². The molecule has 1 aromatic rings. The van der Waals surface area contributed by atoms with Crippen LogP contribution in [-0.4, -0.2) is 21.7 Å². The third kappa shape index (κ3) is 2.11. The summed E-state index contributed by atoms with van der Waals surface area (Å²) in [5.74, 6) is -0.257. The van der Waals surface area contributed by atoms with E-state index in [0.29, 0.717) is 12.0 Å². The molecule has 0 fully saturated rings. The number of rotatable bonds is 3. The first-order chi connectivity index (χ1) is 6.29. The van der Waals surface area contributed by atoms with Crippen molar-refractivity contribution in [2.45, 2.75) is 13.3 Å². The van der Waals surface area contributed by atoms with E-state index in [4.69, 9.17) is 5.21 Å². The van der Waals surface area contributed by atoms with E-state index in [1.54, 1.807) is 19.1 Å². The van der Waals surface area contributed by atoms with Crippen LogP contribution in [0.3, 0.4) is 0 Å². The first-order valence-corrected chi connectivity index (χ1v) is 3.95. The number of hydrogen-bond acceptors (Lipinski definition) is 4. The summed E-state index contributed by atoms with van der Waals surface area (Å²) >= 11 is 0. The van der Waals surface area contributed by atoms with Gasteiger partial charge in [0, 0.05) is 18.0 Å². The van der Waals surface area contributed by atoms with Gasteiger partial charge in [-0.1, -0.05) is 12.1 Å². The highest BCUT2D eigenvalue weighted by Crippen LogP contribution is 2.01. The molecule has 4 nitrogen and oxygen atoms in total. The normalized spacial score (nSPS) is 11.3. The van der Waals surface area contributed by atoms with E-state index in [9.17, 15) is 4.79 Å². The molecule has 1 rings (SSSR count). The number of carbonyl (C=O) groups excluding carboxylic acids is 1. The van der Waals surface area contributed by atoms with E-state index in [1.807, 2.05) is 0 Å². The van der Waals surface area contributed by atoms with Gasteiger partial charge in [0.15, 0.2) is 0 Å². The number of hydrogen-bond donors (Lipinski definition) is 1. The monoisotopic (exact) mass is 178 g/mol. The molecule has 1 heterocycles. The van der Waals surface area contributed by atoms with E-state index in [0.717, 1.165) is 0 Å². The van der Waals surface area contributed by atoms with Gasteiger partial charge in [-0.25, -0.2) is 0 Å². The van der Waals surface area contributed by atoms with E-state index < -0.39 is 0 Å². The smallest absolute Gasteiger partial charge is 0.210 e. The molecule has 0 unspecified atom stereocenters. The van der Waals surface area contributed by atoms with Crippen molar-refractivity contribution in [1.29, 1.82) is 0 Å². The van der Waals surface area contributed by atoms with Crippen molar-refractivity contribution in [3.05, 3.63) is 30.1 Å². The largest absolute Gasteiger partial charge is 0.411 e. The van der Waals surface area contributed by atoms with Crippen LogP contribution in [0.15, 0.2) is 29.7 Å². The number of aromatic nitrogens is 1. The fraction of sp³-hybridized carbons (Fsp3) is 0.222. The van der Waals surface area contributed by atoms with Gasteiger partial charge >= 0.3 is 0 Å². The van der Waals surface area contributed by atoms with Gasteiger partial charge in [0.1, 0.15) is 5.71 Å². The maximum Gasteiger partial charge on any atom is 0.210 e. The molecule has 0 aliphatic rings. The van der Waals surface area contributed by atoms with Crippen LogP contribution in [0.1, 0.15) is 23.7 Å². The van der Waals surface area contributed by atoms with Crippen LogP contribution in [0.25, 0.3) is 0 Å². The Morgan fingerprint density at radius 3 is 2.62 bits per heavy atom. The molecule has 4 heteroatoms. The van der Waals surface area contributed by atoms with E-state index in [2.05, 4.69) is 10.1 Å². The first-order valence-electron chi connectivity index (χ1n) is 3.95. The number of oxime groups is 1. The van der Waals surface area contributed by atoms with Gasteiger partial charge < -0.3 is 5.21 Å². The zero-order valence-corrected chi connectivity index (χ0v) is 7.27. The summed E-state index contributed by atoms with van der Waals surface area (Å²) in [5, 5.41) is 11.4. The molecule has 0 aliphatic heterocycles. The molecule has 0 saturated carbocycles.